The number of hydrogen-bond donors (Lipinski definition) is 0. The van der Waals surface area contributed by atoms with E-state index in [0.29, 0.717) is 5.41 Å². The quantitative estimate of drug-likeness (QED) is 0.389. The predicted molar refractivity (Wildman–Crippen MR) is 96.3 cm³/mol. The fourth-order valence-corrected chi connectivity index (χ4v) is 4.02. The van der Waals surface area contributed by atoms with Gasteiger partial charge >= 0.3 is 0 Å². The summed E-state index contributed by atoms with van der Waals surface area (Å²) in [5, 5.41) is 0. The molecule has 0 heteroatoms. The average Bonchev–Trinajstić information content (AvgIpc) is 2.46. The van der Waals surface area contributed by atoms with Crippen molar-refractivity contribution in [2.24, 2.45) is 23.2 Å². The summed E-state index contributed by atoms with van der Waals surface area (Å²) in [5.41, 5.74) is 3.34. The van der Waals surface area contributed by atoms with Gasteiger partial charge in [-0.25, -0.2) is 0 Å². The second kappa shape index (κ2) is 7.82. The fourth-order valence-electron chi connectivity index (χ4n) is 4.02. The Labute approximate surface area is 132 Å². The van der Waals surface area contributed by atoms with E-state index in [-0.39, 0.29) is 0 Å². The first-order chi connectivity index (χ1) is 9.89. The van der Waals surface area contributed by atoms with Gasteiger partial charge in [0.2, 0.25) is 0 Å². The van der Waals surface area contributed by atoms with Gasteiger partial charge in [-0.3, -0.25) is 0 Å². The van der Waals surface area contributed by atoms with Crippen LogP contribution in [-0.4, -0.2) is 0 Å². The Hall–Kier alpha value is -1.04. The highest BCUT2D eigenvalue weighted by atomic mass is 14.4. The molecule has 0 N–H and O–H groups in total. The van der Waals surface area contributed by atoms with Crippen molar-refractivity contribution in [1.29, 1.82) is 0 Å². The molecule has 0 amide bonds. The van der Waals surface area contributed by atoms with Crippen LogP contribution < -0.4 is 0 Å². The third kappa shape index (κ3) is 4.22. The SMILES string of the molecule is C=C/C=C\C(=C/C)C1(C)CCC(C(C)C)C(/C(C)=C/C)C1. The minimum absolute atomic E-state index is 0.300. The highest BCUT2D eigenvalue weighted by Crippen LogP contribution is 2.51. The van der Waals surface area contributed by atoms with Crippen molar-refractivity contribution in [3.8, 4) is 0 Å². The fraction of sp³-hybridized carbons (Fsp3) is 0.619. The molecule has 0 bridgehead atoms. The summed E-state index contributed by atoms with van der Waals surface area (Å²) in [6.45, 7) is 17.7. The maximum Gasteiger partial charge on any atom is -0.00726 e. The van der Waals surface area contributed by atoms with Gasteiger partial charge in [-0.2, -0.15) is 0 Å². The van der Waals surface area contributed by atoms with E-state index < -0.39 is 0 Å². The summed E-state index contributed by atoms with van der Waals surface area (Å²) < 4.78 is 0. The van der Waals surface area contributed by atoms with Crippen molar-refractivity contribution in [2.45, 2.75) is 60.8 Å². The van der Waals surface area contributed by atoms with Crippen molar-refractivity contribution in [3.63, 3.8) is 0 Å². The summed E-state index contributed by atoms with van der Waals surface area (Å²) in [6.07, 6.45) is 14.7. The molecule has 1 fully saturated rings. The van der Waals surface area contributed by atoms with Crippen molar-refractivity contribution in [1.82, 2.24) is 0 Å². The number of hydrogen-bond acceptors (Lipinski definition) is 0. The van der Waals surface area contributed by atoms with Gasteiger partial charge in [-0.05, 0) is 68.8 Å². The van der Waals surface area contributed by atoms with Gasteiger partial charge in [0.25, 0.3) is 0 Å². The maximum absolute atomic E-state index is 3.80. The van der Waals surface area contributed by atoms with E-state index in [1.54, 1.807) is 5.57 Å². The van der Waals surface area contributed by atoms with Gasteiger partial charge in [0, 0.05) is 0 Å². The van der Waals surface area contributed by atoms with Crippen molar-refractivity contribution < 1.29 is 0 Å². The number of rotatable bonds is 5. The standard InChI is InChI=1S/C21H34/c1-8-11-12-18(10-3)21(7)14-13-19(16(4)5)20(15-21)17(6)9-2/h8-12,16,19-20H,1,13-15H2,2-7H3/b12-11-,17-9+,18-10+. The molecule has 0 aliphatic heterocycles. The third-order valence-electron chi connectivity index (χ3n) is 5.53. The van der Waals surface area contributed by atoms with E-state index in [2.05, 4.69) is 72.4 Å². The van der Waals surface area contributed by atoms with E-state index in [4.69, 9.17) is 0 Å². The molecule has 0 aromatic rings. The molecule has 0 aromatic carbocycles. The second-order valence-corrected chi connectivity index (χ2v) is 7.19. The third-order valence-corrected chi connectivity index (χ3v) is 5.53. The molecule has 1 aliphatic rings. The van der Waals surface area contributed by atoms with Gasteiger partial charge in [-0.1, -0.05) is 63.3 Å². The van der Waals surface area contributed by atoms with Gasteiger partial charge in [-0.15, -0.1) is 0 Å². The van der Waals surface area contributed by atoms with Crippen molar-refractivity contribution in [2.75, 3.05) is 0 Å². The molecule has 1 aliphatic carbocycles. The van der Waals surface area contributed by atoms with Crippen LogP contribution in [0.2, 0.25) is 0 Å². The molecule has 0 spiro atoms. The molecule has 1 saturated carbocycles. The van der Waals surface area contributed by atoms with Crippen LogP contribution in [0.3, 0.4) is 0 Å². The normalized spacial score (nSPS) is 32.0. The van der Waals surface area contributed by atoms with Crippen LogP contribution in [0, 0.1) is 23.2 Å². The van der Waals surface area contributed by atoms with Crippen molar-refractivity contribution in [3.05, 3.63) is 48.1 Å². The van der Waals surface area contributed by atoms with E-state index in [9.17, 15) is 0 Å². The lowest BCUT2D eigenvalue weighted by atomic mass is 9.59. The van der Waals surface area contributed by atoms with Gasteiger partial charge in [0.15, 0.2) is 0 Å². The monoisotopic (exact) mass is 286 g/mol. The van der Waals surface area contributed by atoms with E-state index in [1.165, 1.54) is 24.8 Å². The second-order valence-electron chi connectivity index (χ2n) is 7.19. The molecule has 3 unspecified atom stereocenters. The first-order valence-electron chi connectivity index (χ1n) is 8.48. The van der Waals surface area contributed by atoms with Crippen LogP contribution in [0.25, 0.3) is 0 Å². The largest absolute Gasteiger partial charge is 0.0991 e. The van der Waals surface area contributed by atoms with Crippen LogP contribution >= 0.6 is 0 Å². The Kier molecular flexibility index (Phi) is 6.71. The zero-order valence-electron chi connectivity index (χ0n) is 14.9. The zero-order chi connectivity index (χ0) is 16.0. The molecule has 1 rings (SSSR count). The maximum atomic E-state index is 3.80. The molecule has 0 saturated heterocycles. The highest BCUT2D eigenvalue weighted by molar-refractivity contribution is 5.29. The molecular formula is C21H34. The first-order valence-corrected chi connectivity index (χ1v) is 8.48. The van der Waals surface area contributed by atoms with Gasteiger partial charge < -0.3 is 0 Å². The van der Waals surface area contributed by atoms with E-state index in [1.807, 2.05) is 6.08 Å². The van der Waals surface area contributed by atoms with E-state index >= 15 is 0 Å². The molecule has 3 atom stereocenters. The Balaban J connectivity index is 3.08. The van der Waals surface area contributed by atoms with Gasteiger partial charge in [0.05, 0.1) is 0 Å². The lowest BCUT2D eigenvalue weighted by Crippen LogP contribution is -2.35. The molecule has 0 radical (unpaired) electrons. The summed E-state index contributed by atoms with van der Waals surface area (Å²) in [4.78, 5) is 0. The van der Waals surface area contributed by atoms with Crippen LogP contribution in [0.15, 0.2) is 48.1 Å². The number of allylic oxidation sites excluding steroid dienone is 7. The minimum Gasteiger partial charge on any atom is -0.0991 e. The first kappa shape index (κ1) is 18.0. The van der Waals surface area contributed by atoms with Crippen LogP contribution in [0.4, 0.5) is 0 Å². The smallest absolute Gasteiger partial charge is 0.00726 e. The average molecular weight is 287 g/mol. The summed E-state index contributed by atoms with van der Waals surface area (Å²) in [5.74, 6) is 2.32. The Morgan fingerprint density at radius 3 is 2.38 bits per heavy atom. The highest BCUT2D eigenvalue weighted by Gasteiger charge is 2.40. The molecule has 0 aromatic heterocycles. The summed E-state index contributed by atoms with van der Waals surface area (Å²) in [7, 11) is 0. The Morgan fingerprint density at radius 1 is 1.24 bits per heavy atom. The lowest BCUT2D eigenvalue weighted by molar-refractivity contribution is 0.123. The Bertz CT molecular complexity index is 433. The van der Waals surface area contributed by atoms with Gasteiger partial charge in [0.1, 0.15) is 0 Å². The summed E-state index contributed by atoms with van der Waals surface area (Å²) >= 11 is 0. The predicted octanol–water partition coefficient (Wildman–Crippen LogP) is 6.72. The molecule has 21 heavy (non-hydrogen) atoms. The molecule has 0 nitrogen and oxygen atoms in total. The van der Waals surface area contributed by atoms with Crippen LogP contribution in [0.1, 0.15) is 60.8 Å². The topological polar surface area (TPSA) is 0 Å². The summed E-state index contributed by atoms with van der Waals surface area (Å²) in [6, 6.07) is 0. The zero-order valence-corrected chi connectivity index (χ0v) is 14.9. The lowest BCUT2D eigenvalue weighted by Gasteiger charge is -2.46. The van der Waals surface area contributed by atoms with Crippen molar-refractivity contribution >= 4 is 0 Å². The van der Waals surface area contributed by atoms with Crippen LogP contribution in [-0.2, 0) is 0 Å². The molecule has 0 heterocycles. The van der Waals surface area contributed by atoms with E-state index in [0.717, 1.165) is 17.8 Å². The minimum atomic E-state index is 0.300. The molecular weight excluding hydrogens is 252 g/mol. The molecule has 118 valence electrons. The van der Waals surface area contributed by atoms with Crippen LogP contribution in [0.5, 0.6) is 0 Å². The Morgan fingerprint density at radius 2 is 1.90 bits per heavy atom.